The summed E-state index contributed by atoms with van der Waals surface area (Å²) in [5.41, 5.74) is 1.39. The molecule has 0 radical (unpaired) electrons. The van der Waals surface area contributed by atoms with Crippen LogP contribution in [0, 0.1) is 5.92 Å². The molecule has 0 saturated heterocycles. The van der Waals surface area contributed by atoms with Gasteiger partial charge in [0.05, 0.1) is 32.7 Å². The normalized spacial score (nSPS) is 18.0. The molecule has 42 heavy (non-hydrogen) atoms. The first-order chi connectivity index (χ1) is 20.0. The molecule has 3 amide bonds. The number of aliphatic hydroxyl groups is 1. The van der Waals surface area contributed by atoms with Crippen molar-refractivity contribution in [1.29, 1.82) is 0 Å². The Bertz CT molecular complexity index is 1480. The number of thiophene rings is 1. The number of carbonyl (C=O) groups is 2. The van der Waals surface area contributed by atoms with Crippen LogP contribution in [0.5, 0.6) is 11.5 Å². The summed E-state index contributed by atoms with van der Waals surface area (Å²) in [6.45, 7) is 3.97. The van der Waals surface area contributed by atoms with Gasteiger partial charge >= 0.3 is 6.03 Å². The number of benzene rings is 2. The summed E-state index contributed by atoms with van der Waals surface area (Å²) in [6.07, 6.45) is -0.579. The molecule has 1 aromatic heterocycles. The molecule has 226 valence electrons. The Hall–Kier alpha value is -3.81. The lowest BCUT2D eigenvalue weighted by molar-refractivity contribution is -0.134. The van der Waals surface area contributed by atoms with Crippen molar-refractivity contribution in [2.75, 3.05) is 43.9 Å². The number of methoxy groups -OCH3 is 1. The Morgan fingerprint density at radius 2 is 1.93 bits per heavy atom. The number of fused-ring (bicyclic) bond motifs is 1. The quantitative estimate of drug-likeness (QED) is 0.332. The molecule has 0 bridgehead atoms. The first-order valence-electron chi connectivity index (χ1n) is 13.4. The number of sulfonamides is 1. The minimum absolute atomic E-state index is 0.0541. The summed E-state index contributed by atoms with van der Waals surface area (Å²) in [4.78, 5) is 29.6. The number of hydrogen-bond donors (Lipinski definition) is 3. The lowest BCUT2D eigenvalue weighted by Crippen LogP contribution is -2.48. The highest BCUT2D eigenvalue weighted by Gasteiger charge is 2.32. The topological polar surface area (TPSA) is 138 Å². The van der Waals surface area contributed by atoms with Gasteiger partial charge in [0.1, 0.15) is 21.8 Å². The maximum Gasteiger partial charge on any atom is 0.321 e. The van der Waals surface area contributed by atoms with E-state index in [4.69, 9.17) is 9.47 Å². The number of anilines is 2. The largest absolute Gasteiger partial charge is 0.497 e. The van der Waals surface area contributed by atoms with Crippen LogP contribution >= 0.6 is 11.3 Å². The van der Waals surface area contributed by atoms with Crippen molar-refractivity contribution in [3.05, 3.63) is 65.5 Å². The molecule has 1 aliphatic rings. The van der Waals surface area contributed by atoms with Gasteiger partial charge in [-0.1, -0.05) is 13.0 Å². The predicted octanol–water partition coefficient (Wildman–Crippen LogP) is 3.87. The fraction of sp³-hybridized carbons (Fsp3) is 0.379. The van der Waals surface area contributed by atoms with Crippen molar-refractivity contribution in [3.63, 3.8) is 0 Å². The van der Waals surface area contributed by atoms with Crippen LogP contribution in [0.25, 0.3) is 0 Å². The molecule has 3 N–H and O–H groups in total. The van der Waals surface area contributed by atoms with Crippen molar-refractivity contribution in [2.45, 2.75) is 36.6 Å². The monoisotopic (exact) mass is 616 g/mol. The number of nitrogens with one attached hydrogen (secondary N) is 2. The maximum absolute atomic E-state index is 13.4. The lowest BCUT2D eigenvalue weighted by atomic mass is 10.0. The average Bonchev–Trinajstić information content (AvgIpc) is 3.53. The van der Waals surface area contributed by atoms with E-state index < -0.39 is 22.2 Å². The van der Waals surface area contributed by atoms with E-state index in [0.717, 1.165) is 11.3 Å². The third-order valence-electron chi connectivity index (χ3n) is 7.07. The van der Waals surface area contributed by atoms with Crippen molar-refractivity contribution in [1.82, 2.24) is 9.80 Å². The van der Waals surface area contributed by atoms with E-state index >= 15 is 0 Å². The molecular weight excluding hydrogens is 580 g/mol. The summed E-state index contributed by atoms with van der Waals surface area (Å²) in [5.74, 6) is 0.646. The van der Waals surface area contributed by atoms with Crippen LogP contribution in [-0.2, 0) is 21.2 Å². The smallest absolute Gasteiger partial charge is 0.321 e. The Morgan fingerprint density at radius 1 is 1.21 bits per heavy atom. The molecule has 3 aromatic rings. The molecule has 0 unspecified atom stereocenters. The van der Waals surface area contributed by atoms with Gasteiger partial charge in [0, 0.05) is 36.4 Å². The van der Waals surface area contributed by atoms with E-state index in [9.17, 15) is 23.1 Å². The van der Waals surface area contributed by atoms with Crippen LogP contribution in [0.1, 0.15) is 19.4 Å². The van der Waals surface area contributed by atoms with Crippen LogP contribution in [-0.4, -0.2) is 81.3 Å². The minimum Gasteiger partial charge on any atom is -0.497 e. The zero-order valence-corrected chi connectivity index (χ0v) is 25.6. The molecule has 13 heteroatoms. The Kier molecular flexibility index (Phi) is 9.97. The number of nitrogens with zero attached hydrogens (tertiary/aromatic N) is 2. The number of hydrogen-bond acceptors (Lipinski definition) is 8. The Morgan fingerprint density at radius 3 is 2.57 bits per heavy atom. The van der Waals surface area contributed by atoms with Gasteiger partial charge in [0.25, 0.3) is 10.0 Å². The fourth-order valence-electron chi connectivity index (χ4n) is 4.58. The van der Waals surface area contributed by atoms with Gasteiger partial charge in [0.15, 0.2) is 0 Å². The number of likely N-dealkylation sites (N-methyl/N-ethyl adjacent to an activating group) is 1. The molecular formula is C29H36N4O7S2. The van der Waals surface area contributed by atoms with E-state index in [0.29, 0.717) is 35.0 Å². The summed E-state index contributed by atoms with van der Waals surface area (Å²) in [6, 6.07) is 14.2. The van der Waals surface area contributed by atoms with Crippen LogP contribution in [0.15, 0.2) is 64.2 Å². The number of urea groups is 1. The van der Waals surface area contributed by atoms with Crippen LogP contribution < -0.4 is 19.5 Å². The second kappa shape index (κ2) is 13.4. The van der Waals surface area contributed by atoms with E-state index in [1.807, 2.05) is 6.92 Å². The fourth-order valence-corrected chi connectivity index (χ4v) is 6.62. The van der Waals surface area contributed by atoms with Gasteiger partial charge in [-0.15, -0.1) is 11.3 Å². The predicted molar refractivity (Wildman–Crippen MR) is 162 cm³/mol. The zero-order chi connectivity index (χ0) is 30.4. The van der Waals surface area contributed by atoms with Crippen LogP contribution in [0.3, 0.4) is 0 Å². The van der Waals surface area contributed by atoms with Crippen molar-refractivity contribution in [3.8, 4) is 11.5 Å². The molecule has 2 heterocycles. The first kappa shape index (κ1) is 31.1. The highest BCUT2D eigenvalue weighted by Crippen LogP contribution is 2.30. The maximum atomic E-state index is 13.4. The molecule has 1 aliphatic heterocycles. The summed E-state index contributed by atoms with van der Waals surface area (Å²) >= 11 is 1.10. The molecule has 0 aliphatic carbocycles. The molecule has 11 nitrogen and oxygen atoms in total. The third kappa shape index (κ3) is 7.52. The number of ether oxygens (including phenoxy) is 2. The van der Waals surface area contributed by atoms with Crippen LogP contribution in [0.4, 0.5) is 16.2 Å². The lowest BCUT2D eigenvalue weighted by Gasteiger charge is -2.34. The average molecular weight is 617 g/mol. The van der Waals surface area contributed by atoms with Gasteiger partial charge in [-0.25, -0.2) is 13.2 Å². The van der Waals surface area contributed by atoms with Crippen LogP contribution in [0.2, 0.25) is 0 Å². The molecule has 4 rings (SSSR count). The van der Waals surface area contributed by atoms with Gasteiger partial charge < -0.3 is 29.7 Å². The number of rotatable bonds is 9. The number of amides is 3. The highest BCUT2D eigenvalue weighted by atomic mass is 32.2. The highest BCUT2D eigenvalue weighted by molar-refractivity contribution is 7.94. The van der Waals surface area contributed by atoms with Crippen molar-refractivity contribution >= 4 is 44.7 Å². The van der Waals surface area contributed by atoms with E-state index in [2.05, 4.69) is 10.0 Å². The Balaban J connectivity index is 1.59. The SMILES string of the molecule is COc1ccc(NC(=O)N(C)C[C@H]2Oc3ccc(NS(=O)(=O)c4cccs4)cc3CC(=O)N([C@H](C)CO)C[C@@H]2C)cc1. The van der Waals surface area contributed by atoms with Crippen molar-refractivity contribution < 1.29 is 32.6 Å². The minimum atomic E-state index is -3.80. The number of aliphatic hydroxyl groups excluding tert-OH is 1. The number of carbonyl (C=O) groups excluding carboxylic acids is 2. The van der Waals surface area contributed by atoms with Gasteiger partial charge in [-0.2, -0.15) is 0 Å². The van der Waals surface area contributed by atoms with Crippen molar-refractivity contribution in [2.24, 2.45) is 5.92 Å². The standard InChI is InChI=1S/C29H36N4O7S2/c1-19-16-33(20(2)18-34)27(35)15-21-14-23(31-42(37,38)28-6-5-13-41-28)9-12-25(21)40-26(19)17-32(3)29(36)30-22-7-10-24(39-4)11-8-22/h5-14,19-20,26,31,34H,15-18H2,1-4H3,(H,30,36)/t19-,20+,26+/m0/s1. The van der Waals surface area contributed by atoms with E-state index in [-0.39, 0.29) is 41.6 Å². The summed E-state index contributed by atoms with van der Waals surface area (Å²) in [5, 5.41) is 14.4. The second-order valence-electron chi connectivity index (χ2n) is 10.3. The first-order valence-corrected chi connectivity index (χ1v) is 15.8. The molecule has 0 spiro atoms. The zero-order valence-electron chi connectivity index (χ0n) is 23.9. The van der Waals surface area contributed by atoms with E-state index in [1.165, 1.54) is 11.0 Å². The van der Waals surface area contributed by atoms with Gasteiger partial charge in [-0.05, 0) is 60.8 Å². The Labute approximate surface area is 250 Å². The third-order valence-corrected chi connectivity index (χ3v) is 9.85. The molecule has 0 saturated carbocycles. The van der Waals surface area contributed by atoms with Gasteiger partial charge in [-0.3, -0.25) is 9.52 Å². The van der Waals surface area contributed by atoms with E-state index in [1.54, 1.807) is 79.9 Å². The second-order valence-corrected chi connectivity index (χ2v) is 13.1. The molecule has 3 atom stereocenters. The van der Waals surface area contributed by atoms with Gasteiger partial charge in [0.2, 0.25) is 5.91 Å². The summed E-state index contributed by atoms with van der Waals surface area (Å²) < 4.78 is 40.0. The summed E-state index contributed by atoms with van der Waals surface area (Å²) in [7, 11) is -0.571. The molecule has 0 fully saturated rings. The molecule has 2 aromatic carbocycles.